The summed E-state index contributed by atoms with van der Waals surface area (Å²) in [6, 6.07) is 0. The number of aliphatic hydroxyl groups is 1. The van der Waals surface area contributed by atoms with Gasteiger partial charge in [0.1, 0.15) is 0 Å². The fourth-order valence-corrected chi connectivity index (χ4v) is 2.27. The summed E-state index contributed by atoms with van der Waals surface area (Å²) in [5.41, 5.74) is 2.20. The van der Waals surface area contributed by atoms with Gasteiger partial charge in [0.05, 0.1) is 22.0 Å². The molecule has 0 radical (unpaired) electrons. The lowest BCUT2D eigenvalue weighted by molar-refractivity contribution is 0.167. The third kappa shape index (κ3) is 3.30. The van der Waals surface area contributed by atoms with Crippen molar-refractivity contribution < 1.29 is 5.11 Å². The Bertz CT molecular complexity index is 338. The minimum Gasteiger partial charge on any atom is -0.392 e. The molecule has 0 saturated heterocycles. The van der Waals surface area contributed by atoms with Gasteiger partial charge in [0.25, 0.3) is 0 Å². The van der Waals surface area contributed by atoms with E-state index in [-0.39, 0.29) is 6.10 Å². The lowest BCUT2D eigenvalue weighted by atomic mass is 10.2. The van der Waals surface area contributed by atoms with Crippen molar-refractivity contribution in [1.82, 2.24) is 15.1 Å². The van der Waals surface area contributed by atoms with Gasteiger partial charge in [-0.2, -0.15) is 5.10 Å². The highest BCUT2D eigenvalue weighted by Crippen LogP contribution is 2.21. The number of hydrogen-bond donors (Lipinski definition) is 2. The fourth-order valence-electron chi connectivity index (χ4n) is 1.51. The predicted octanol–water partition coefficient (Wildman–Crippen LogP) is 1.61. The van der Waals surface area contributed by atoms with Crippen LogP contribution in [0.25, 0.3) is 0 Å². The molecular weight excluding hydrogens is 270 g/mol. The molecule has 0 spiro atoms. The van der Waals surface area contributed by atoms with Crippen LogP contribution in [0.5, 0.6) is 0 Å². The fraction of sp³-hybridized carbons (Fsp3) is 0.727. The maximum atomic E-state index is 9.43. The van der Waals surface area contributed by atoms with E-state index in [1.807, 2.05) is 18.7 Å². The second-order valence-corrected chi connectivity index (χ2v) is 4.67. The van der Waals surface area contributed by atoms with Crippen molar-refractivity contribution in [2.45, 2.75) is 39.3 Å². The molecule has 0 aromatic carbocycles. The Labute approximate surface area is 105 Å². The first-order chi connectivity index (χ1) is 7.60. The van der Waals surface area contributed by atoms with Crippen LogP contribution in [0.4, 0.5) is 0 Å². The van der Waals surface area contributed by atoms with Crippen LogP contribution < -0.4 is 5.32 Å². The molecule has 5 heteroatoms. The van der Waals surface area contributed by atoms with E-state index in [1.54, 1.807) is 0 Å². The molecule has 4 nitrogen and oxygen atoms in total. The van der Waals surface area contributed by atoms with E-state index in [1.165, 1.54) is 0 Å². The maximum Gasteiger partial charge on any atom is 0.0767 e. The molecule has 2 N–H and O–H groups in total. The molecule has 1 atom stereocenters. The Morgan fingerprint density at radius 2 is 2.19 bits per heavy atom. The third-order valence-corrected chi connectivity index (χ3v) is 3.56. The molecule has 92 valence electrons. The van der Waals surface area contributed by atoms with Crippen LogP contribution in [-0.4, -0.2) is 27.5 Å². The average Bonchev–Trinajstić information content (AvgIpc) is 2.55. The van der Waals surface area contributed by atoms with Gasteiger partial charge in [-0.05, 0) is 28.8 Å². The summed E-state index contributed by atoms with van der Waals surface area (Å²) in [5.74, 6) is 0. The molecule has 1 rings (SSSR count). The highest BCUT2D eigenvalue weighted by atomic mass is 79.9. The van der Waals surface area contributed by atoms with Gasteiger partial charge in [-0.15, -0.1) is 0 Å². The molecule has 0 aliphatic carbocycles. The number of nitrogens with zero attached hydrogens (tertiary/aromatic N) is 2. The lowest BCUT2D eigenvalue weighted by Gasteiger charge is -2.09. The average molecular weight is 290 g/mol. The van der Waals surface area contributed by atoms with Gasteiger partial charge >= 0.3 is 0 Å². The van der Waals surface area contributed by atoms with Crippen molar-refractivity contribution in [1.29, 1.82) is 0 Å². The molecule has 0 bridgehead atoms. The molecule has 1 heterocycles. The monoisotopic (exact) mass is 289 g/mol. The van der Waals surface area contributed by atoms with Crippen molar-refractivity contribution in [2.24, 2.45) is 7.05 Å². The van der Waals surface area contributed by atoms with Crippen molar-refractivity contribution >= 4 is 15.9 Å². The third-order valence-electron chi connectivity index (χ3n) is 2.65. The smallest absolute Gasteiger partial charge is 0.0767 e. The van der Waals surface area contributed by atoms with Gasteiger partial charge in [0.15, 0.2) is 0 Å². The first-order valence-corrected chi connectivity index (χ1v) is 6.48. The molecular formula is C11H20BrN3O. The highest BCUT2D eigenvalue weighted by Gasteiger charge is 2.12. The molecule has 0 aliphatic heterocycles. The molecule has 1 unspecified atom stereocenters. The zero-order valence-corrected chi connectivity index (χ0v) is 11.7. The van der Waals surface area contributed by atoms with Crippen molar-refractivity contribution in [2.75, 3.05) is 6.54 Å². The Morgan fingerprint density at radius 1 is 1.50 bits per heavy atom. The zero-order chi connectivity index (χ0) is 12.1. The zero-order valence-electron chi connectivity index (χ0n) is 10.1. The molecule has 1 aromatic rings. The van der Waals surface area contributed by atoms with E-state index >= 15 is 0 Å². The van der Waals surface area contributed by atoms with Gasteiger partial charge < -0.3 is 10.4 Å². The summed E-state index contributed by atoms with van der Waals surface area (Å²) in [7, 11) is 1.94. The topological polar surface area (TPSA) is 50.1 Å². The van der Waals surface area contributed by atoms with Gasteiger partial charge in [-0.1, -0.05) is 13.8 Å². The molecule has 0 aliphatic rings. The summed E-state index contributed by atoms with van der Waals surface area (Å²) in [4.78, 5) is 0. The number of hydrogen-bond acceptors (Lipinski definition) is 3. The number of halogens is 1. The standard InChI is InChI=1S/C11H20BrN3O/c1-4-8(16)6-13-7-10-11(12)9(5-2)14-15(10)3/h8,13,16H,4-7H2,1-3H3. The number of aliphatic hydroxyl groups excluding tert-OH is 1. The number of aromatic nitrogens is 2. The number of rotatable bonds is 6. The molecule has 1 aromatic heterocycles. The van der Waals surface area contributed by atoms with E-state index in [0.717, 1.165) is 35.2 Å². The lowest BCUT2D eigenvalue weighted by Crippen LogP contribution is -2.26. The van der Waals surface area contributed by atoms with Crippen LogP contribution >= 0.6 is 15.9 Å². The second kappa shape index (κ2) is 6.37. The van der Waals surface area contributed by atoms with Crippen LogP contribution in [-0.2, 0) is 20.0 Å². The van der Waals surface area contributed by atoms with E-state index in [2.05, 4.69) is 33.3 Å². The minimum absolute atomic E-state index is 0.266. The Morgan fingerprint density at radius 3 is 2.69 bits per heavy atom. The largest absolute Gasteiger partial charge is 0.392 e. The van der Waals surface area contributed by atoms with Crippen LogP contribution in [0.3, 0.4) is 0 Å². The molecule has 16 heavy (non-hydrogen) atoms. The van der Waals surface area contributed by atoms with Gasteiger partial charge in [-0.3, -0.25) is 4.68 Å². The van der Waals surface area contributed by atoms with Gasteiger partial charge in [-0.25, -0.2) is 0 Å². The summed E-state index contributed by atoms with van der Waals surface area (Å²) in [6.07, 6.45) is 1.43. The van der Waals surface area contributed by atoms with Crippen LogP contribution in [0, 0.1) is 0 Å². The van der Waals surface area contributed by atoms with Gasteiger partial charge in [0.2, 0.25) is 0 Å². The Hall–Kier alpha value is -0.390. The Kier molecular flexibility index (Phi) is 5.44. The quantitative estimate of drug-likeness (QED) is 0.837. The predicted molar refractivity (Wildman–Crippen MR) is 68.3 cm³/mol. The van der Waals surface area contributed by atoms with Crippen molar-refractivity contribution in [3.8, 4) is 0 Å². The maximum absolute atomic E-state index is 9.43. The van der Waals surface area contributed by atoms with Gasteiger partial charge in [0, 0.05) is 20.1 Å². The Balaban J connectivity index is 2.56. The van der Waals surface area contributed by atoms with Crippen molar-refractivity contribution in [3.63, 3.8) is 0 Å². The number of aryl methyl sites for hydroxylation is 2. The molecule has 0 saturated carbocycles. The normalized spacial score (nSPS) is 13.1. The van der Waals surface area contributed by atoms with E-state index < -0.39 is 0 Å². The second-order valence-electron chi connectivity index (χ2n) is 3.88. The van der Waals surface area contributed by atoms with E-state index in [0.29, 0.717) is 6.54 Å². The van der Waals surface area contributed by atoms with E-state index in [9.17, 15) is 5.11 Å². The first kappa shape index (κ1) is 13.7. The summed E-state index contributed by atoms with van der Waals surface area (Å²) in [6.45, 7) is 5.41. The van der Waals surface area contributed by atoms with Crippen molar-refractivity contribution in [3.05, 3.63) is 15.9 Å². The molecule has 0 amide bonds. The van der Waals surface area contributed by atoms with Crippen LogP contribution in [0.15, 0.2) is 4.47 Å². The van der Waals surface area contributed by atoms with E-state index in [4.69, 9.17) is 0 Å². The SMILES string of the molecule is CCc1nn(C)c(CNCC(O)CC)c1Br. The summed E-state index contributed by atoms with van der Waals surface area (Å²) < 4.78 is 2.96. The van der Waals surface area contributed by atoms with Crippen LogP contribution in [0.1, 0.15) is 31.7 Å². The number of nitrogens with one attached hydrogen (secondary N) is 1. The molecule has 0 fully saturated rings. The highest BCUT2D eigenvalue weighted by molar-refractivity contribution is 9.10. The minimum atomic E-state index is -0.266. The first-order valence-electron chi connectivity index (χ1n) is 5.69. The summed E-state index contributed by atoms with van der Waals surface area (Å²) >= 11 is 3.56. The van der Waals surface area contributed by atoms with Crippen LogP contribution in [0.2, 0.25) is 0 Å². The summed E-state index contributed by atoms with van der Waals surface area (Å²) in [5, 5.41) is 17.1.